The van der Waals surface area contributed by atoms with Gasteiger partial charge in [0.25, 0.3) is 5.91 Å². The van der Waals surface area contributed by atoms with Gasteiger partial charge in [-0.05, 0) is 35.9 Å². The number of carbonyl (C=O) groups is 1. The lowest BCUT2D eigenvalue weighted by molar-refractivity contribution is 0.0947. The Bertz CT molecular complexity index is 662. The Kier molecular flexibility index (Phi) is 4.20. The number of amides is 1. The van der Waals surface area contributed by atoms with E-state index in [1.807, 2.05) is 0 Å². The molecule has 20 heavy (non-hydrogen) atoms. The summed E-state index contributed by atoms with van der Waals surface area (Å²) in [6.45, 7) is 0.0782. The minimum absolute atomic E-state index is 0.0506. The van der Waals surface area contributed by atoms with E-state index in [1.165, 1.54) is 18.2 Å². The highest BCUT2D eigenvalue weighted by Gasteiger charge is 2.12. The van der Waals surface area contributed by atoms with E-state index in [0.717, 1.165) is 18.2 Å². The van der Waals surface area contributed by atoms with Crippen LogP contribution in [0.5, 0.6) is 5.75 Å². The van der Waals surface area contributed by atoms with Crippen molar-refractivity contribution in [3.8, 4) is 5.75 Å². The largest absolute Gasteiger partial charge is 0.507 e. The standard InChI is InChI=1S/C14H10ClF2NO2/c15-11-5-8(1-3-12(11)17)7-18-14(20)10-6-9(16)2-4-13(10)19/h1-6,19H,7H2,(H,18,20). The number of hydrogen-bond donors (Lipinski definition) is 2. The van der Waals surface area contributed by atoms with Crippen LogP contribution >= 0.6 is 11.6 Å². The molecular weight excluding hydrogens is 288 g/mol. The van der Waals surface area contributed by atoms with Crippen molar-refractivity contribution >= 4 is 17.5 Å². The number of nitrogens with one attached hydrogen (secondary N) is 1. The van der Waals surface area contributed by atoms with E-state index in [-0.39, 0.29) is 22.9 Å². The molecule has 0 aliphatic rings. The highest BCUT2D eigenvalue weighted by Crippen LogP contribution is 2.18. The first-order valence-corrected chi connectivity index (χ1v) is 6.06. The number of aromatic hydroxyl groups is 1. The van der Waals surface area contributed by atoms with Gasteiger partial charge in [-0.3, -0.25) is 4.79 Å². The molecule has 2 rings (SSSR count). The molecule has 2 aromatic carbocycles. The van der Waals surface area contributed by atoms with E-state index >= 15 is 0 Å². The molecule has 0 atom stereocenters. The van der Waals surface area contributed by atoms with Crippen molar-refractivity contribution < 1.29 is 18.7 Å². The smallest absolute Gasteiger partial charge is 0.255 e. The molecule has 3 nitrogen and oxygen atoms in total. The lowest BCUT2D eigenvalue weighted by atomic mass is 10.1. The second-order valence-electron chi connectivity index (χ2n) is 4.09. The molecule has 2 N–H and O–H groups in total. The van der Waals surface area contributed by atoms with Crippen molar-refractivity contribution in [2.75, 3.05) is 0 Å². The molecule has 2 aromatic rings. The van der Waals surface area contributed by atoms with Gasteiger partial charge in [0.2, 0.25) is 0 Å². The van der Waals surface area contributed by atoms with Gasteiger partial charge in [-0.2, -0.15) is 0 Å². The van der Waals surface area contributed by atoms with Crippen LogP contribution in [-0.4, -0.2) is 11.0 Å². The van der Waals surface area contributed by atoms with Gasteiger partial charge in [0, 0.05) is 6.54 Å². The average Bonchev–Trinajstić information content (AvgIpc) is 2.42. The zero-order valence-corrected chi connectivity index (χ0v) is 10.9. The number of rotatable bonds is 3. The Morgan fingerprint density at radius 2 is 1.95 bits per heavy atom. The molecule has 0 aromatic heterocycles. The summed E-state index contributed by atoms with van der Waals surface area (Å²) in [5.74, 6) is -2.13. The number of benzene rings is 2. The van der Waals surface area contributed by atoms with Crippen LogP contribution in [-0.2, 0) is 6.54 Å². The van der Waals surface area contributed by atoms with Gasteiger partial charge < -0.3 is 10.4 Å². The first kappa shape index (κ1) is 14.3. The zero-order valence-electron chi connectivity index (χ0n) is 10.2. The molecule has 6 heteroatoms. The van der Waals surface area contributed by atoms with Gasteiger partial charge in [0.05, 0.1) is 10.6 Å². The topological polar surface area (TPSA) is 49.3 Å². The van der Waals surface area contributed by atoms with Gasteiger partial charge in [0.1, 0.15) is 17.4 Å². The molecule has 0 saturated carbocycles. The van der Waals surface area contributed by atoms with E-state index < -0.39 is 17.5 Å². The van der Waals surface area contributed by atoms with Crippen LogP contribution in [0.2, 0.25) is 5.02 Å². The summed E-state index contributed by atoms with van der Waals surface area (Å²) in [7, 11) is 0. The monoisotopic (exact) mass is 297 g/mol. The fourth-order valence-corrected chi connectivity index (χ4v) is 1.82. The van der Waals surface area contributed by atoms with E-state index in [1.54, 1.807) is 0 Å². The second kappa shape index (κ2) is 5.88. The molecule has 0 unspecified atom stereocenters. The van der Waals surface area contributed by atoms with Crippen LogP contribution in [0.1, 0.15) is 15.9 Å². The molecular formula is C14H10ClF2NO2. The molecule has 104 valence electrons. The number of hydrogen-bond acceptors (Lipinski definition) is 2. The van der Waals surface area contributed by atoms with Gasteiger partial charge in [0.15, 0.2) is 0 Å². The molecule has 0 aliphatic heterocycles. The molecule has 0 bridgehead atoms. The van der Waals surface area contributed by atoms with Crippen molar-refractivity contribution in [1.82, 2.24) is 5.32 Å². The van der Waals surface area contributed by atoms with Crippen molar-refractivity contribution in [2.24, 2.45) is 0 Å². The molecule has 0 spiro atoms. The lowest BCUT2D eigenvalue weighted by Gasteiger charge is -2.07. The molecule has 0 radical (unpaired) electrons. The van der Waals surface area contributed by atoms with Crippen molar-refractivity contribution in [2.45, 2.75) is 6.54 Å². The fourth-order valence-electron chi connectivity index (χ4n) is 1.62. The number of carbonyl (C=O) groups excluding carboxylic acids is 1. The summed E-state index contributed by atoms with van der Waals surface area (Å²) in [5, 5.41) is 11.9. The molecule has 0 fully saturated rings. The maximum absolute atomic E-state index is 13.0. The SMILES string of the molecule is O=C(NCc1ccc(F)c(Cl)c1)c1cc(F)ccc1O. The first-order valence-electron chi connectivity index (χ1n) is 5.68. The van der Waals surface area contributed by atoms with Crippen LogP contribution in [0.4, 0.5) is 8.78 Å². The third-order valence-corrected chi connectivity index (χ3v) is 2.93. The summed E-state index contributed by atoms with van der Waals surface area (Å²) in [4.78, 5) is 11.8. The molecule has 0 heterocycles. The van der Waals surface area contributed by atoms with Gasteiger partial charge in [-0.15, -0.1) is 0 Å². The Morgan fingerprint density at radius 1 is 1.20 bits per heavy atom. The highest BCUT2D eigenvalue weighted by atomic mass is 35.5. The second-order valence-corrected chi connectivity index (χ2v) is 4.50. The normalized spacial score (nSPS) is 10.3. The Hall–Kier alpha value is -2.14. The first-order chi connectivity index (χ1) is 9.47. The van der Waals surface area contributed by atoms with E-state index in [0.29, 0.717) is 5.56 Å². The van der Waals surface area contributed by atoms with E-state index in [9.17, 15) is 18.7 Å². The van der Waals surface area contributed by atoms with Crippen LogP contribution in [0.15, 0.2) is 36.4 Å². The summed E-state index contributed by atoms with van der Waals surface area (Å²) >= 11 is 5.61. The number of phenolic OH excluding ortho intramolecular Hbond substituents is 1. The highest BCUT2D eigenvalue weighted by molar-refractivity contribution is 6.30. The maximum Gasteiger partial charge on any atom is 0.255 e. The maximum atomic E-state index is 13.0. The summed E-state index contributed by atoms with van der Waals surface area (Å²) in [6.07, 6.45) is 0. The summed E-state index contributed by atoms with van der Waals surface area (Å²) < 4.78 is 26.0. The van der Waals surface area contributed by atoms with Gasteiger partial charge in [-0.1, -0.05) is 17.7 Å². The van der Waals surface area contributed by atoms with Crippen LogP contribution < -0.4 is 5.32 Å². The van der Waals surface area contributed by atoms with E-state index in [4.69, 9.17) is 11.6 Å². The number of halogens is 3. The van der Waals surface area contributed by atoms with E-state index in [2.05, 4.69) is 5.32 Å². The predicted molar refractivity (Wildman–Crippen MR) is 70.6 cm³/mol. The average molecular weight is 298 g/mol. The van der Waals surface area contributed by atoms with Crippen molar-refractivity contribution in [1.29, 1.82) is 0 Å². The zero-order chi connectivity index (χ0) is 14.7. The number of phenols is 1. The fraction of sp³-hybridized carbons (Fsp3) is 0.0714. The predicted octanol–water partition coefficient (Wildman–Crippen LogP) is 3.25. The van der Waals surface area contributed by atoms with Crippen molar-refractivity contribution in [3.05, 3.63) is 64.2 Å². The molecule has 0 saturated heterocycles. The minimum atomic E-state index is -0.637. The molecule has 1 amide bonds. The summed E-state index contributed by atoms with van der Waals surface area (Å²) in [5.41, 5.74) is 0.416. The van der Waals surface area contributed by atoms with Crippen LogP contribution in [0.3, 0.4) is 0 Å². The quantitative estimate of drug-likeness (QED) is 0.913. The van der Waals surface area contributed by atoms with Gasteiger partial charge >= 0.3 is 0 Å². The Labute approximate surface area is 118 Å². The Morgan fingerprint density at radius 3 is 2.65 bits per heavy atom. The minimum Gasteiger partial charge on any atom is -0.507 e. The van der Waals surface area contributed by atoms with Crippen molar-refractivity contribution in [3.63, 3.8) is 0 Å². The summed E-state index contributed by atoms with van der Waals surface area (Å²) in [6, 6.07) is 7.10. The molecule has 0 aliphatic carbocycles. The lowest BCUT2D eigenvalue weighted by Crippen LogP contribution is -2.23. The Balaban J connectivity index is 2.08. The van der Waals surface area contributed by atoms with Gasteiger partial charge in [-0.25, -0.2) is 8.78 Å². The third kappa shape index (κ3) is 3.24. The van der Waals surface area contributed by atoms with Crippen LogP contribution in [0.25, 0.3) is 0 Å². The third-order valence-electron chi connectivity index (χ3n) is 2.64. The van der Waals surface area contributed by atoms with Crippen LogP contribution in [0, 0.1) is 11.6 Å².